The van der Waals surface area contributed by atoms with Gasteiger partial charge in [-0.3, -0.25) is 4.79 Å². The van der Waals surface area contributed by atoms with Gasteiger partial charge < -0.3 is 15.3 Å². The number of benzene rings is 1. The lowest BCUT2D eigenvalue weighted by molar-refractivity contribution is -0.142. The molecule has 0 heterocycles. The minimum absolute atomic E-state index is 0.0832. The largest absolute Gasteiger partial charge is 0.508 e. The number of carboxylic acids is 1. The maximum Gasteiger partial charge on any atom is 0.306 e. The molecule has 0 aliphatic carbocycles. The molecule has 0 amide bonds. The van der Waals surface area contributed by atoms with Gasteiger partial charge in [-0.15, -0.1) is 0 Å². The molecule has 0 fully saturated rings. The molecular weight excluding hydrogens is 184 g/mol. The van der Waals surface area contributed by atoms with Crippen molar-refractivity contribution in [1.82, 2.24) is 0 Å². The Hall–Kier alpha value is -1.55. The molecule has 0 spiro atoms. The molecule has 1 aromatic rings. The van der Waals surface area contributed by atoms with Crippen LogP contribution in [0, 0.1) is 0 Å². The molecule has 1 aromatic carbocycles. The predicted octanol–water partition coefficient (Wildman–Crippen LogP) is 1.07. The third-order valence-corrected chi connectivity index (χ3v) is 1.98. The van der Waals surface area contributed by atoms with Gasteiger partial charge >= 0.3 is 5.97 Å². The fourth-order valence-electron chi connectivity index (χ4n) is 1.22. The minimum atomic E-state index is -1.40. The van der Waals surface area contributed by atoms with Crippen LogP contribution in [-0.4, -0.2) is 21.3 Å². The van der Waals surface area contributed by atoms with E-state index in [1.165, 1.54) is 31.2 Å². The Bertz CT molecular complexity index is 326. The lowest BCUT2D eigenvalue weighted by Crippen LogP contribution is -2.24. The second-order valence-electron chi connectivity index (χ2n) is 3.39. The Labute approximate surface area is 81.4 Å². The summed E-state index contributed by atoms with van der Waals surface area (Å²) >= 11 is 0. The standard InChI is InChI=1S/C10H12O4/c1-10(14,6-9(12)13)7-2-4-8(11)5-3-7/h2-5,11,14H,6H2,1H3,(H,12,13). The van der Waals surface area contributed by atoms with E-state index in [2.05, 4.69) is 0 Å². The molecule has 0 saturated heterocycles. The van der Waals surface area contributed by atoms with Gasteiger partial charge in [-0.2, -0.15) is 0 Å². The summed E-state index contributed by atoms with van der Waals surface area (Å²) < 4.78 is 0. The van der Waals surface area contributed by atoms with Crippen molar-refractivity contribution in [3.05, 3.63) is 29.8 Å². The lowest BCUT2D eigenvalue weighted by atomic mass is 9.93. The Morgan fingerprint density at radius 3 is 2.29 bits per heavy atom. The maximum atomic E-state index is 10.4. The van der Waals surface area contributed by atoms with Crippen LogP contribution in [0.4, 0.5) is 0 Å². The molecule has 4 heteroatoms. The summed E-state index contributed by atoms with van der Waals surface area (Å²) in [6.07, 6.45) is -0.363. The van der Waals surface area contributed by atoms with E-state index in [0.29, 0.717) is 5.56 Å². The molecule has 0 aliphatic heterocycles. The summed E-state index contributed by atoms with van der Waals surface area (Å²) in [7, 11) is 0. The Kier molecular flexibility index (Phi) is 2.76. The predicted molar refractivity (Wildman–Crippen MR) is 49.9 cm³/mol. The molecule has 0 bridgehead atoms. The van der Waals surface area contributed by atoms with Gasteiger partial charge in [-0.05, 0) is 24.6 Å². The lowest BCUT2D eigenvalue weighted by Gasteiger charge is -2.21. The van der Waals surface area contributed by atoms with Gasteiger partial charge in [0, 0.05) is 0 Å². The highest BCUT2D eigenvalue weighted by atomic mass is 16.4. The van der Waals surface area contributed by atoms with E-state index in [0.717, 1.165) is 0 Å². The van der Waals surface area contributed by atoms with Gasteiger partial charge in [0.25, 0.3) is 0 Å². The number of carbonyl (C=O) groups is 1. The Morgan fingerprint density at radius 2 is 1.86 bits per heavy atom. The summed E-state index contributed by atoms with van der Waals surface area (Å²) in [6, 6.07) is 5.81. The zero-order chi connectivity index (χ0) is 10.8. The van der Waals surface area contributed by atoms with Crippen LogP contribution in [0.1, 0.15) is 18.9 Å². The SMILES string of the molecule is CC(O)(CC(=O)O)c1ccc(O)cc1. The van der Waals surface area contributed by atoms with Gasteiger partial charge in [0.1, 0.15) is 5.75 Å². The number of aliphatic carboxylic acids is 1. The number of carboxylic acid groups (broad SMARTS) is 1. The van der Waals surface area contributed by atoms with Gasteiger partial charge in [-0.1, -0.05) is 12.1 Å². The average Bonchev–Trinajstić information content (AvgIpc) is 2.02. The van der Waals surface area contributed by atoms with Crippen LogP contribution < -0.4 is 0 Å². The number of phenolic OH excluding ortho intramolecular Hbond substituents is 1. The van der Waals surface area contributed by atoms with E-state index < -0.39 is 11.6 Å². The third-order valence-electron chi connectivity index (χ3n) is 1.98. The van der Waals surface area contributed by atoms with E-state index in [-0.39, 0.29) is 12.2 Å². The third kappa shape index (κ3) is 2.47. The number of hydrogen-bond donors (Lipinski definition) is 3. The van der Waals surface area contributed by atoms with Crippen LogP contribution in [0.15, 0.2) is 24.3 Å². The quantitative estimate of drug-likeness (QED) is 0.675. The molecule has 0 aliphatic rings. The van der Waals surface area contributed by atoms with Crippen molar-refractivity contribution in [2.75, 3.05) is 0 Å². The van der Waals surface area contributed by atoms with E-state index in [1.54, 1.807) is 0 Å². The van der Waals surface area contributed by atoms with Crippen LogP contribution in [0.2, 0.25) is 0 Å². The van der Waals surface area contributed by atoms with E-state index >= 15 is 0 Å². The normalized spacial score (nSPS) is 14.7. The van der Waals surface area contributed by atoms with Gasteiger partial charge in [0.15, 0.2) is 0 Å². The van der Waals surface area contributed by atoms with Gasteiger partial charge in [0.2, 0.25) is 0 Å². The smallest absolute Gasteiger partial charge is 0.306 e. The Balaban J connectivity index is 2.91. The van der Waals surface area contributed by atoms with Crippen molar-refractivity contribution < 1.29 is 20.1 Å². The minimum Gasteiger partial charge on any atom is -0.508 e. The van der Waals surface area contributed by atoms with Crippen LogP contribution in [0.25, 0.3) is 0 Å². The maximum absolute atomic E-state index is 10.4. The van der Waals surface area contributed by atoms with Gasteiger partial charge in [0.05, 0.1) is 12.0 Å². The van der Waals surface area contributed by atoms with Crippen molar-refractivity contribution in [2.24, 2.45) is 0 Å². The van der Waals surface area contributed by atoms with E-state index in [9.17, 15) is 9.90 Å². The molecule has 0 aromatic heterocycles. The van der Waals surface area contributed by atoms with Crippen molar-refractivity contribution in [3.8, 4) is 5.75 Å². The first kappa shape index (κ1) is 10.5. The van der Waals surface area contributed by atoms with Crippen LogP contribution in [-0.2, 0) is 10.4 Å². The zero-order valence-corrected chi connectivity index (χ0v) is 7.77. The summed E-state index contributed by atoms with van der Waals surface area (Å²) in [6.45, 7) is 1.42. The summed E-state index contributed by atoms with van der Waals surface area (Å²) in [4.78, 5) is 10.4. The molecule has 1 unspecified atom stereocenters. The highest BCUT2D eigenvalue weighted by molar-refractivity contribution is 5.68. The Morgan fingerprint density at radius 1 is 1.36 bits per heavy atom. The number of hydrogen-bond acceptors (Lipinski definition) is 3. The highest BCUT2D eigenvalue weighted by Gasteiger charge is 2.26. The van der Waals surface area contributed by atoms with Crippen molar-refractivity contribution in [1.29, 1.82) is 0 Å². The number of rotatable bonds is 3. The average molecular weight is 196 g/mol. The monoisotopic (exact) mass is 196 g/mol. The van der Waals surface area contributed by atoms with Gasteiger partial charge in [-0.25, -0.2) is 0 Å². The molecule has 14 heavy (non-hydrogen) atoms. The molecular formula is C10H12O4. The van der Waals surface area contributed by atoms with Crippen molar-refractivity contribution in [2.45, 2.75) is 18.9 Å². The first-order valence-corrected chi connectivity index (χ1v) is 4.15. The van der Waals surface area contributed by atoms with Crippen LogP contribution >= 0.6 is 0 Å². The van der Waals surface area contributed by atoms with Crippen LogP contribution in [0.5, 0.6) is 5.75 Å². The molecule has 3 N–H and O–H groups in total. The fourth-order valence-corrected chi connectivity index (χ4v) is 1.22. The number of aliphatic hydroxyl groups is 1. The summed E-state index contributed by atoms with van der Waals surface area (Å²) in [5, 5.41) is 27.3. The fraction of sp³-hybridized carbons (Fsp3) is 0.300. The number of aromatic hydroxyl groups is 1. The summed E-state index contributed by atoms with van der Waals surface area (Å²) in [5.41, 5.74) is -0.933. The topological polar surface area (TPSA) is 77.8 Å². The second kappa shape index (κ2) is 3.67. The molecule has 4 nitrogen and oxygen atoms in total. The molecule has 0 radical (unpaired) electrons. The second-order valence-corrected chi connectivity index (χ2v) is 3.39. The van der Waals surface area contributed by atoms with E-state index in [4.69, 9.17) is 10.2 Å². The number of phenols is 1. The molecule has 1 atom stereocenters. The first-order valence-electron chi connectivity index (χ1n) is 4.15. The zero-order valence-electron chi connectivity index (χ0n) is 7.77. The molecule has 76 valence electrons. The van der Waals surface area contributed by atoms with Crippen LogP contribution in [0.3, 0.4) is 0 Å². The van der Waals surface area contributed by atoms with Crippen molar-refractivity contribution >= 4 is 5.97 Å². The summed E-state index contributed by atoms with van der Waals surface area (Å²) in [5.74, 6) is -0.983. The highest BCUT2D eigenvalue weighted by Crippen LogP contribution is 2.25. The van der Waals surface area contributed by atoms with Crippen molar-refractivity contribution in [3.63, 3.8) is 0 Å². The molecule has 0 saturated carbocycles. The van der Waals surface area contributed by atoms with E-state index in [1.807, 2.05) is 0 Å². The molecule has 1 rings (SSSR count). The first-order chi connectivity index (χ1) is 6.42.